The van der Waals surface area contributed by atoms with Crippen LogP contribution in [0.1, 0.15) is 53.4 Å². The molecule has 2 N–H and O–H groups in total. The van der Waals surface area contributed by atoms with Crippen LogP contribution in [0.2, 0.25) is 0 Å². The van der Waals surface area contributed by atoms with Gasteiger partial charge < -0.3 is 15.4 Å². The van der Waals surface area contributed by atoms with Crippen molar-refractivity contribution in [1.82, 2.24) is 10.6 Å². The lowest BCUT2D eigenvalue weighted by molar-refractivity contribution is -0.152. The number of carbonyl (C=O) groups excluding carboxylic acids is 2. The van der Waals surface area contributed by atoms with Gasteiger partial charge in [-0.25, -0.2) is 4.79 Å². The molecular weight excluding hydrogens is 256 g/mol. The maximum atomic E-state index is 12.2. The van der Waals surface area contributed by atoms with Crippen molar-refractivity contribution in [2.75, 3.05) is 6.54 Å². The number of hydrogen-bond donors (Lipinski definition) is 2. The van der Waals surface area contributed by atoms with Gasteiger partial charge in [0.25, 0.3) is 0 Å². The summed E-state index contributed by atoms with van der Waals surface area (Å²) < 4.78 is 5.23. The maximum Gasteiger partial charge on any atom is 0.328 e. The van der Waals surface area contributed by atoms with Crippen molar-refractivity contribution in [2.24, 2.45) is 5.92 Å². The Morgan fingerprint density at radius 1 is 1.25 bits per heavy atom. The van der Waals surface area contributed by atoms with Crippen molar-refractivity contribution in [3.05, 3.63) is 0 Å². The molecule has 5 heteroatoms. The summed E-state index contributed by atoms with van der Waals surface area (Å²) in [5, 5.41) is 6.04. The fraction of sp³-hybridized carbons (Fsp3) is 0.867. The highest BCUT2D eigenvalue weighted by Crippen LogP contribution is 2.11. The predicted molar refractivity (Wildman–Crippen MR) is 78.3 cm³/mol. The van der Waals surface area contributed by atoms with Crippen LogP contribution in [0, 0.1) is 5.92 Å². The summed E-state index contributed by atoms with van der Waals surface area (Å²) in [6.07, 6.45) is 3.43. The molecule has 0 bridgehead atoms. The molecule has 1 unspecified atom stereocenters. The van der Waals surface area contributed by atoms with E-state index in [1.807, 2.05) is 27.7 Å². The number of nitrogens with one attached hydrogen (secondary N) is 2. The molecule has 1 aliphatic rings. The summed E-state index contributed by atoms with van der Waals surface area (Å²) in [5.41, 5.74) is 0. The molecule has 0 aromatic rings. The van der Waals surface area contributed by atoms with Crippen LogP contribution in [-0.2, 0) is 14.3 Å². The third-order valence-electron chi connectivity index (χ3n) is 3.29. The van der Waals surface area contributed by atoms with Gasteiger partial charge in [-0.1, -0.05) is 20.3 Å². The first kappa shape index (κ1) is 17.0. The minimum atomic E-state index is -0.548. The van der Waals surface area contributed by atoms with Crippen molar-refractivity contribution in [3.8, 4) is 0 Å². The number of esters is 1. The molecule has 1 amide bonds. The van der Waals surface area contributed by atoms with E-state index < -0.39 is 6.04 Å². The summed E-state index contributed by atoms with van der Waals surface area (Å²) >= 11 is 0. The summed E-state index contributed by atoms with van der Waals surface area (Å²) in [6, 6.07) is -0.723. The fourth-order valence-corrected chi connectivity index (χ4v) is 2.35. The Kier molecular flexibility index (Phi) is 6.99. The van der Waals surface area contributed by atoms with Crippen molar-refractivity contribution in [3.63, 3.8) is 0 Å². The summed E-state index contributed by atoms with van der Waals surface area (Å²) in [7, 11) is 0. The monoisotopic (exact) mass is 284 g/mol. The molecule has 2 atom stereocenters. The highest BCUT2D eigenvalue weighted by molar-refractivity contribution is 5.87. The van der Waals surface area contributed by atoms with E-state index in [9.17, 15) is 9.59 Å². The third kappa shape index (κ3) is 5.90. The van der Waals surface area contributed by atoms with Crippen LogP contribution < -0.4 is 10.6 Å². The first-order chi connectivity index (χ1) is 9.40. The average Bonchev–Trinajstić information content (AvgIpc) is 2.37. The second kappa shape index (κ2) is 8.25. The van der Waals surface area contributed by atoms with Gasteiger partial charge in [0.1, 0.15) is 6.04 Å². The molecule has 1 rings (SSSR count). The van der Waals surface area contributed by atoms with Crippen LogP contribution in [0.25, 0.3) is 0 Å². The van der Waals surface area contributed by atoms with Gasteiger partial charge in [0.15, 0.2) is 0 Å². The molecule has 1 heterocycles. The van der Waals surface area contributed by atoms with E-state index in [-0.39, 0.29) is 24.0 Å². The Balaban J connectivity index is 2.58. The predicted octanol–water partition coefficient (Wildman–Crippen LogP) is 1.61. The van der Waals surface area contributed by atoms with E-state index in [1.54, 1.807) is 0 Å². The van der Waals surface area contributed by atoms with E-state index >= 15 is 0 Å². The molecule has 0 aromatic carbocycles. The average molecular weight is 284 g/mol. The van der Waals surface area contributed by atoms with Gasteiger partial charge in [-0.3, -0.25) is 4.79 Å². The quantitative estimate of drug-likeness (QED) is 0.727. The first-order valence-electron chi connectivity index (χ1n) is 7.64. The lowest BCUT2D eigenvalue weighted by Crippen LogP contribution is -2.52. The molecule has 0 aliphatic carbocycles. The van der Waals surface area contributed by atoms with E-state index in [2.05, 4.69) is 10.6 Å². The lowest BCUT2D eigenvalue weighted by Gasteiger charge is -2.26. The summed E-state index contributed by atoms with van der Waals surface area (Å²) in [5.74, 6) is -0.103. The van der Waals surface area contributed by atoms with Crippen molar-refractivity contribution in [2.45, 2.75) is 71.6 Å². The zero-order valence-electron chi connectivity index (χ0n) is 13.1. The molecule has 20 heavy (non-hydrogen) atoms. The van der Waals surface area contributed by atoms with E-state index in [4.69, 9.17) is 4.74 Å². The molecule has 1 saturated heterocycles. The maximum absolute atomic E-state index is 12.2. The van der Waals surface area contributed by atoms with Crippen molar-refractivity contribution in [1.29, 1.82) is 0 Å². The summed E-state index contributed by atoms with van der Waals surface area (Å²) in [4.78, 5) is 24.2. The number of piperidine rings is 1. The number of carbonyl (C=O) groups is 2. The Hall–Kier alpha value is -1.10. The van der Waals surface area contributed by atoms with Gasteiger partial charge in [0.05, 0.1) is 12.1 Å². The molecule has 5 nitrogen and oxygen atoms in total. The van der Waals surface area contributed by atoms with Gasteiger partial charge in [-0.15, -0.1) is 0 Å². The lowest BCUT2D eigenvalue weighted by atomic mass is 10.0. The standard InChI is InChI=1S/C15H28N2O3/c1-10(2)9-13(15(19)20-11(3)4)17-14(18)12-7-5-6-8-16-12/h10-13,16H,5-9H2,1-4H3,(H,17,18)/t12?,13-/m0/s1. The number of hydrogen-bond acceptors (Lipinski definition) is 4. The van der Waals surface area contributed by atoms with Crippen LogP contribution in [0.5, 0.6) is 0 Å². The summed E-state index contributed by atoms with van der Waals surface area (Å²) in [6.45, 7) is 8.55. The Labute approximate surface area is 121 Å². The Bertz CT molecular complexity index is 323. The minimum Gasteiger partial charge on any atom is -0.461 e. The molecule has 0 saturated carbocycles. The number of rotatable bonds is 6. The number of amides is 1. The van der Waals surface area contributed by atoms with Gasteiger partial charge in [-0.2, -0.15) is 0 Å². The van der Waals surface area contributed by atoms with Crippen LogP contribution >= 0.6 is 0 Å². The zero-order valence-corrected chi connectivity index (χ0v) is 13.1. The highest BCUT2D eigenvalue weighted by atomic mass is 16.5. The van der Waals surface area contributed by atoms with Crippen LogP contribution in [0.3, 0.4) is 0 Å². The zero-order chi connectivity index (χ0) is 15.1. The molecular formula is C15H28N2O3. The Morgan fingerprint density at radius 2 is 1.95 bits per heavy atom. The second-order valence-electron chi connectivity index (χ2n) is 6.18. The molecule has 0 radical (unpaired) electrons. The van der Waals surface area contributed by atoms with Gasteiger partial charge in [0.2, 0.25) is 5.91 Å². The minimum absolute atomic E-state index is 0.0870. The van der Waals surface area contributed by atoms with Crippen LogP contribution in [0.4, 0.5) is 0 Å². The largest absolute Gasteiger partial charge is 0.461 e. The van der Waals surface area contributed by atoms with E-state index in [1.165, 1.54) is 0 Å². The van der Waals surface area contributed by atoms with Gasteiger partial charge >= 0.3 is 5.97 Å². The SMILES string of the molecule is CC(C)C[C@H](NC(=O)C1CCCCN1)C(=O)OC(C)C. The molecule has 0 aromatic heterocycles. The first-order valence-corrected chi connectivity index (χ1v) is 7.64. The molecule has 0 spiro atoms. The second-order valence-corrected chi connectivity index (χ2v) is 6.18. The van der Waals surface area contributed by atoms with Crippen LogP contribution in [-0.4, -0.2) is 36.6 Å². The smallest absolute Gasteiger partial charge is 0.328 e. The third-order valence-corrected chi connectivity index (χ3v) is 3.29. The van der Waals surface area contributed by atoms with Crippen LogP contribution in [0.15, 0.2) is 0 Å². The molecule has 1 fully saturated rings. The van der Waals surface area contributed by atoms with Crippen molar-refractivity contribution >= 4 is 11.9 Å². The van der Waals surface area contributed by atoms with Gasteiger partial charge in [-0.05, 0) is 45.6 Å². The van der Waals surface area contributed by atoms with E-state index in [0.29, 0.717) is 12.3 Å². The topological polar surface area (TPSA) is 67.4 Å². The fourth-order valence-electron chi connectivity index (χ4n) is 2.35. The molecule has 116 valence electrons. The molecule has 1 aliphatic heterocycles. The van der Waals surface area contributed by atoms with E-state index in [0.717, 1.165) is 25.8 Å². The van der Waals surface area contributed by atoms with Crippen molar-refractivity contribution < 1.29 is 14.3 Å². The highest BCUT2D eigenvalue weighted by Gasteiger charge is 2.28. The number of ether oxygens (including phenoxy) is 1. The van der Waals surface area contributed by atoms with Gasteiger partial charge in [0, 0.05) is 0 Å². The normalized spacial score (nSPS) is 20.8. The Morgan fingerprint density at radius 3 is 2.45 bits per heavy atom.